The Balaban J connectivity index is 1.63. The lowest BCUT2D eigenvalue weighted by atomic mass is 9.97. The summed E-state index contributed by atoms with van der Waals surface area (Å²) in [5, 5.41) is 3.30. The van der Waals surface area contributed by atoms with Crippen LogP contribution in [0.3, 0.4) is 0 Å². The van der Waals surface area contributed by atoms with E-state index in [2.05, 4.69) is 35.0 Å². The second-order valence-electron chi connectivity index (χ2n) is 6.40. The maximum atomic E-state index is 12.4. The fourth-order valence-corrected chi connectivity index (χ4v) is 4.66. The third-order valence-electron chi connectivity index (χ3n) is 4.78. The van der Waals surface area contributed by atoms with Gasteiger partial charge in [-0.25, -0.2) is 13.4 Å². The molecule has 2 aliphatic heterocycles. The van der Waals surface area contributed by atoms with Gasteiger partial charge in [-0.3, -0.25) is 10.9 Å². The fraction of sp³-hybridized carbons (Fsp3) is 0.667. The Morgan fingerprint density at radius 2 is 1.87 bits per heavy atom. The smallest absolute Gasteiger partial charge is 0.244 e. The number of hydrogen-bond acceptors (Lipinski definition) is 6. The Morgan fingerprint density at radius 3 is 2.43 bits per heavy atom. The van der Waals surface area contributed by atoms with E-state index < -0.39 is 10.0 Å². The summed E-state index contributed by atoms with van der Waals surface area (Å²) in [6, 6.07) is 4.15. The van der Waals surface area contributed by atoms with Crippen molar-refractivity contribution >= 4 is 15.8 Å². The molecule has 0 aliphatic carbocycles. The average molecular weight is 339 g/mol. The van der Waals surface area contributed by atoms with Crippen LogP contribution in [0.4, 0.5) is 5.82 Å². The van der Waals surface area contributed by atoms with Crippen LogP contribution in [0.5, 0.6) is 0 Å². The molecule has 3 rings (SSSR count). The van der Waals surface area contributed by atoms with Gasteiger partial charge in [0.05, 0.1) is 0 Å². The number of hydrogen-bond donors (Lipinski definition) is 3. The van der Waals surface area contributed by atoms with Crippen LogP contribution >= 0.6 is 0 Å². The van der Waals surface area contributed by atoms with Gasteiger partial charge >= 0.3 is 0 Å². The highest BCUT2D eigenvalue weighted by Crippen LogP contribution is 2.21. The van der Waals surface area contributed by atoms with E-state index >= 15 is 0 Å². The van der Waals surface area contributed by atoms with Gasteiger partial charge in [0.2, 0.25) is 10.0 Å². The van der Waals surface area contributed by atoms with Gasteiger partial charge in [0, 0.05) is 43.8 Å². The number of nitrogens with one attached hydrogen (secondary N) is 3. The van der Waals surface area contributed by atoms with Crippen molar-refractivity contribution in [2.75, 3.05) is 25.0 Å². The zero-order valence-corrected chi connectivity index (χ0v) is 14.4. The van der Waals surface area contributed by atoms with Crippen LogP contribution in [-0.4, -0.2) is 49.4 Å². The highest BCUT2D eigenvalue weighted by atomic mass is 32.2. The molecule has 23 heavy (non-hydrogen) atoms. The second-order valence-corrected chi connectivity index (χ2v) is 8.34. The van der Waals surface area contributed by atoms with Crippen molar-refractivity contribution < 1.29 is 8.42 Å². The van der Waals surface area contributed by atoms with E-state index in [-0.39, 0.29) is 4.90 Å². The van der Waals surface area contributed by atoms with Crippen LogP contribution in [0.25, 0.3) is 0 Å². The normalized spacial score (nSPS) is 29.0. The van der Waals surface area contributed by atoms with E-state index in [0.29, 0.717) is 36.9 Å². The van der Waals surface area contributed by atoms with Crippen LogP contribution in [0, 0.1) is 5.92 Å². The van der Waals surface area contributed by atoms with E-state index in [4.69, 9.17) is 0 Å². The van der Waals surface area contributed by atoms with Crippen LogP contribution < -0.4 is 16.2 Å². The Bertz CT molecular complexity index is 618. The molecule has 0 bridgehead atoms. The summed E-state index contributed by atoms with van der Waals surface area (Å²) in [4.78, 5) is 4.54. The molecule has 1 aromatic rings. The largest absolute Gasteiger partial charge is 0.370 e. The maximum absolute atomic E-state index is 12.4. The molecule has 2 aliphatic rings. The van der Waals surface area contributed by atoms with Crippen molar-refractivity contribution in [2.45, 2.75) is 43.7 Å². The van der Waals surface area contributed by atoms with Crippen LogP contribution in [0.2, 0.25) is 0 Å². The minimum absolute atomic E-state index is 0.274. The molecule has 1 aromatic heterocycles. The van der Waals surface area contributed by atoms with Gasteiger partial charge in [-0.15, -0.1) is 0 Å². The molecule has 2 fully saturated rings. The summed E-state index contributed by atoms with van der Waals surface area (Å²) in [5.74, 6) is 1.15. The SMILES string of the molecule is CC1NNC(C)C1CNc1ccc(S(=O)(=O)N2CCCC2)cn1. The Hall–Kier alpha value is -1.22. The van der Waals surface area contributed by atoms with Gasteiger partial charge in [-0.2, -0.15) is 4.31 Å². The van der Waals surface area contributed by atoms with E-state index in [1.54, 1.807) is 12.1 Å². The number of sulfonamides is 1. The summed E-state index contributed by atoms with van der Waals surface area (Å²) < 4.78 is 26.4. The third kappa shape index (κ3) is 3.50. The second kappa shape index (κ2) is 6.72. The number of anilines is 1. The molecule has 0 aromatic carbocycles. The summed E-state index contributed by atoms with van der Waals surface area (Å²) in [6.07, 6.45) is 3.33. The first-order valence-electron chi connectivity index (χ1n) is 8.19. The number of aromatic nitrogens is 1. The van der Waals surface area contributed by atoms with Crippen molar-refractivity contribution in [1.82, 2.24) is 20.1 Å². The zero-order chi connectivity index (χ0) is 16.4. The highest BCUT2D eigenvalue weighted by Gasteiger charge is 2.30. The van der Waals surface area contributed by atoms with Gasteiger partial charge in [-0.05, 0) is 38.8 Å². The lowest BCUT2D eigenvalue weighted by molar-refractivity contribution is 0.466. The van der Waals surface area contributed by atoms with Gasteiger partial charge in [-0.1, -0.05) is 0 Å². The molecule has 0 saturated carbocycles. The Labute approximate surface area is 137 Å². The van der Waals surface area contributed by atoms with E-state index in [1.807, 2.05) is 0 Å². The topological polar surface area (TPSA) is 86.4 Å². The van der Waals surface area contributed by atoms with Gasteiger partial charge < -0.3 is 5.32 Å². The Morgan fingerprint density at radius 1 is 1.22 bits per heavy atom. The standard InChI is InChI=1S/C15H25N5O2S/c1-11-14(12(2)19-18-11)10-17-15-6-5-13(9-16-15)23(21,22)20-7-3-4-8-20/h5-6,9,11-12,14,18-19H,3-4,7-8,10H2,1-2H3,(H,16,17). The highest BCUT2D eigenvalue weighted by molar-refractivity contribution is 7.89. The van der Waals surface area contributed by atoms with Crippen LogP contribution in [0.15, 0.2) is 23.2 Å². The molecule has 3 heterocycles. The molecule has 128 valence electrons. The molecular formula is C15H25N5O2S. The summed E-state index contributed by atoms with van der Waals surface area (Å²) in [7, 11) is -3.38. The van der Waals surface area contributed by atoms with Gasteiger partial charge in [0.1, 0.15) is 10.7 Å². The molecular weight excluding hydrogens is 314 g/mol. The number of hydrazine groups is 1. The molecule has 2 unspecified atom stereocenters. The monoisotopic (exact) mass is 339 g/mol. The van der Waals surface area contributed by atoms with E-state index in [1.165, 1.54) is 10.5 Å². The predicted octanol–water partition coefficient (Wildman–Crippen LogP) is 0.779. The first-order valence-corrected chi connectivity index (χ1v) is 9.63. The van der Waals surface area contributed by atoms with E-state index in [9.17, 15) is 8.42 Å². The summed E-state index contributed by atoms with van der Waals surface area (Å²) in [6.45, 7) is 6.29. The molecule has 0 radical (unpaired) electrons. The van der Waals surface area contributed by atoms with Crippen molar-refractivity contribution in [3.05, 3.63) is 18.3 Å². The molecule has 0 amide bonds. The first kappa shape index (κ1) is 16.6. The molecule has 7 nitrogen and oxygen atoms in total. The van der Waals surface area contributed by atoms with Crippen LogP contribution in [0.1, 0.15) is 26.7 Å². The Kier molecular flexibility index (Phi) is 4.86. The molecule has 3 N–H and O–H groups in total. The summed E-state index contributed by atoms with van der Waals surface area (Å²) >= 11 is 0. The first-order chi connectivity index (χ1) is 11.0. The van der Waals surface area contributed by atoms with E-state index in [0.717, 1.165) is 19.4 Å². The van der Waals surface area contributed by atoms with Gasteiger partial charge in [0.25, 0.3) is 0 Å². The zero-order valence-electron chi connectivity index (χ0n) is 13.6. The molecule has 2 atom stereocenters. The maximum Gasteiger partial charge on any atom is 0.244 e. The van der Waals surface area contributed by atoms with Crippen molar-refractivity contribution in [2.24, 2.45) is 5.92 Å². The lowest BCUT2D eigenvalue weighted by Gasteiger charge is -2.19. The third-order valence-corrected chi connectivity index (χ3v) is 6.66. The fourth-order valence-electron chi connectivity index (χ4n) is 3.20. The van der Waals surface area contributed by atoms with Crippen molar-refractivity contribution in [1.29, 1.82) is 0 Å². The lowest BCUT2D eigenvalue weighted by Crippen LogP contribution is -2.30. The molecule has 2 saturated heterocycles. The minimum atomic E-state index is -3.38. The van der Waals surface area contributed by atoms with Crippen LogP contribution in [-0.2, 0) is 10.0 Å². The van der Waals surface area contributed by atoms with Gasteiger partial charge in [0.15, 0.2) is 0 Å². The predicted molar refractivity (Wildman–Crippen MR) is 89.4 cm³/mol. The van der Waals surface area contributed by atoms with Crippen molar-refractivity contribution in [3.63, 3.8) is 0 Å². The quantitative estimate of drug-likeness (QED) is 0.735. The number of rotatable bonds is 5. The molecule has 0 spiro atoms. The average Bonchev–Trinajstić information content (AvgIpc) is 3.18. The van der Waals surface area contributed by atoms with Crippen molar-refractivity contribution in [3.8, 4) is 0 Å². The number of nitrogens with zero attached hydrogens (tertiary/aromatic N) is 2. The minimum Gasteiger partial charge on any atom is -0.370 e. The molecule has 8 heteroatoms. The number of pyridine rings is 1. The summed E-state index contributed by atoms with van der Waals surface area (Å²) in [5.41, 5.74) is 6.44.